The van der Waals surface area contributed by atoms with Gasteiger partial charge in [-0.3, -0.25) is 14.2 Å². The van der Waals surface area contributed by atoms with Crippen LogP contribution < -0.4 is 4.90 Å². The van der Waals surface area contributed by atoms with Crippen LogP contribution in [0.25, 0.3) is 0 Å². The van der Waals surface area contributed by atoms with E-state index in [1.807, 2.05) is 13.0 Å². The molecule has 0 bridgehead atoms. The third-order valence-corrected chi connectivity index (χ3v) is 3.87. The van der Waals surface area contributed by atoms with Crippen molar-refractivity contribution < 1.29 is 22.9 Å². The maximum atomic E-state index is 13.2. The predicted molar refractivity (Wildman–Crippen MR) is 89.1 cm³/mol. The van der Waals surface area contributed by atoms with Gasteiger partial charge < -0.3 is 14.3 Å². The summed E-state index contributed by atoms with van der Waals surface area (Å²) >= 11 is 0. The van der Waals surface area contributed by atoms with Crippen molar-refractivity contribution in [1.29, 1.82) is 0 Å². The lowest BCUT2D eigenvalue weighted by Gasteiger charge is -2.20. The maximum Gasteiger partial charge on any atom is 0.320 e. The summed E-state index contributed by atoms with van der Waals surface area (Å²) in [5.41, 5.74) is 0.488. The lowest BCUT2D eigenvalue weighted by atomic mass is 10.2. The first-order valence-electron chi connectivity index (χ1n) is 8.06. The SMILES string of the molecule is Cc1cc(CCCCN(C)C(=O)c2c(N(C)C=O)ncn2C(F)F)on1. The van der Waals surface area contributed by atoms with Gasteiger partial charge in [0.05, 0.1) is 5.69 Å². The number of halogens is 2. The summed E-state index contributed by atoms with van der Waals surface area (Å²) in [5, 5.41) is 3.80. The van der Waals surface area contributed by atoms with E-state index >= 15 is 0 Å². The first kappa shape index (κ1) is 19.5. The van der Waals surface area contributed by atoms with Crippen LogP contribution in [0.5, 0.6) is 0 Å². The molecule has 8 nitrogen and oxygen atoms in total. The van der Waals surface area contributed by atoms with E-state index in [0.717, 1.165) is 29.1 Å². The molecular weight excluding hydrogens is 348 g/mol. The zero-order valence-corrected chi connectivity index (χ0v) is 14.9. The number of anilines is 1. The normalized spacial score (nSPS) is 11.0. The Hall–Kier alpha value is -2.78. The Labute approximate surface area is 149 Å². The van der Waals surface area contributed by atoms with Crippen LogP contribution in [0.15, 0.2) is 16.9 Å². The molecular formula is C16H21F2N5O3. The van der Waals surface area contributed by atoms with E-state index in [0.29, 0.717) is 30.4 Å². The van der Waals surface area contributed by atoms with E-state index in [1.54, 1.807) is 0 Å². The number of amides is 2. The maximum absolute atomic E-state index is 13.2. The Morgan fingerprint density at radius 1 is 1.38 bits per heavy atom. The highest BCUT2D eigenvalue weighted by atomic mass is 19.3. The van der Waals surface area contributed by atoms with Crippen molar-refractivity contribution in [1.82, 2.24) is 19.6 Å². The molecule has 0 N–H and O–H groups in total. The Kier molecular flexibility index (Phi) is 6.42. The Morgan fingerprint density at radius 3 is 2.69 bits per heavy atom. The number of carbonyl (C=O) groups excluding carboxylic acids is 2. The molecule has 0 unspecified atom stereocenters. The number of alkyl halides is 2. The molecule has 2 aromatic rings. The zero-order valence-electron chi connectivity index (χ0n) is 14.9. The molecule has 0 fully saturated rings. The summed E-state index contributed by atoms with van der Waals surface area (Å²) < 4.78 is 31.9. The Morgan fingerprint density at radius 2 is 2.12 bits per heavy atom. The number of carbonyl (C=O) groups is 2. The summed E-state index contributed by atoms with van der Waals surface area (Å²) in [6.45, 7) is -0.734. The van der Waals surface area contributed by atoms with Crippen LogP contribution in [0, 0.1) is 6.92 Å². The van der Waals surface area contributed by atoms with Crippen LogP contribution in [-0.4, -0.2) is 52.6 Å². The van der Waals surface area contributed by atoms with E-state index in [2.05, 4.69) is 10.1 Å². The first-order valence-corrected chi connectivity index (χ1v) is 8.06. The van der Waals surface area contributed by atoms with Crippen molar-refractivity contribution in [3.63, 3.8) is 0 Å². The van der Waals surface area contributed by atoms with Crippen molar-refractivity contribution in [2.24, 2.45) is 0 Å². The monoisotopic (exact) mass is 369 g/mol. The average molecular weight is 369 g/mol. The van der Waals surface area contributed by atoms with E-state index < -0.39 is 12.5 Å². The Bertz CT molecular complexity index is 759. The minimum atomic E-state index is -2.93. The number of hydrogen-bond acceptors (Lipinski definition) is 5. The molecule has 2 heterocycles. The van der Waals surface area contributed by atoms with Gasteiger partial charge in [0.25, 0.3) is 5.91 Å². The van der Waals surface area contributed by atoms with E-state index in [-0.39, 0.29) is 11.5 Å². The zero-order chi connectivity index (χ0) is 19.3. The summed E-state index contributed by atoms with van der Waals surface area (Å²) in [6.07, 6.45) is 3.35. The van der Waals surface area contributed by atoms with Crippen LogP contribution >= 0.6 is 0 Å². The fourth-order valence-corrected chi connectivity index (χ4v) is 2.48. The van der Waals surface area contributed by atoms with Crippen molar-refractivity contribution in [2.75, 3.05) is 25.5 Å². The molecule has 2 aromatic heterocycles. The second kappa shape index (κ2) is 8.54. The van der Waals surface area contributed by atoms with Crippen molar-refractivity contribution in [3.8, 4) is 0 Å². The number of imidazole rings is 1. The van der Waals surface area contributed by atoms with Gasteiger partial charge in [0.15, 0.2) is 11.5 Å². The summed E-state index contributed by atoms with van der Waals surface area (Å²) in [5.74, 6) is 0.0402. The molecule has 0 aromatic carbocycles. The number of hydrogen-bond donors (Lipinski definition) is 0. The Balaban J connectivity index is 2.00. The highest BCUT2D eigenvalue weighted by Crippen LogP contribution is 2.23. The molecule has 0 aliphatic rings. The van der Waals surface area contributed by atoms with Gasteiger partial charge >= 0.3 is 6.55 Å². The van der Waals surface area contributed by atoms with Gasteiger partial charge in [-0.1, -0.05) is 5.16 Å². The van der Waals surface area contributed by atoms with Crippen molar-refractivity contribution in [2.45, 2.75) is 32.7 Å². The molecule has 0 saturated carbocycles. The molecule has 0 aliphatic heterocycles. The first-order chi connectivity index (χ1) is 12.3. The van der Waals surface area contributed by atoms with Crippen LogP contribution in [0.2, 0.25) is 0 Å². The second-order valence-electron chi connectivity index (χ2n) is 5.94. The van der Waals surface area contributed by atoms with E-state index in [1.165, 1.54) is 19.0 Å². The quantitative estimate of drug-likeness (QED) is 0.500. The van der Waals surface area contributed by atoms with Crippen molar-refractivity contribution in [3.05, 3.63) is 29.5 Å². The van der Waals surface area contributed by atoms with Crippen LogP contribution in [0.4, 0.5) is 14.6 Å². The van der Waals surface area contributed by atoms with Gasteiger partial charge in [0.2, 0.25) is 6.41 Å². The summed E-state index contributed by atoms with van der Waals surface area (Å²) in [7, 11) is 2.87. The smallest absolute Gasteiger partial charge is 0.320 e. The fourth-order valence-electron chi connectivity index (χ4n) is 2.48. The van der Waals surface area contributed by atoms with Crippen molar-refractivity contribution >= 4 is 18.1 Å². The highest BCUT2D eigenvalue weighted by Gasteiger charge is 2.27. The van der Waals surface area contributed by atoms with Gasteiger partial charge in [-0.15, -0.1) is 0 Å². The van der Waals surface area contributed by atoms with Gasteiger partial charge in [0.1, 0.15) is 12.1 Å². The molecule has 0 atom stereocenters. The number of aromatic nitrogens is 3. The number of nitrogens with zero attached hydrogens (tertiary/aromatic N) is 5. The van der Waals surface area contributed by atoms with Gasteiger partial charge in [-0.2, -0.15) is 8.78 Å². The van der Waals surface area contributed by atoms with Gasteiger partial charge in [-0.25, -0.2) is 4.98 Å². The second-order valence-corrected chi connectivity index (χ2v) is 5.94. The lowest BCUT2D eigenvalue weighted by Crippen LogP contribution is -2.31. The topological polar surface area (TPSA) is 84.5 Å². The largest absolute Gasteiger partial charge is 0.361 e. The van der Waals surface area contributed by atoms with Gasteiger partial charge in [0, 0.05) is 33.1 Å². The number of rotatable bonds is 9. The highest BCUT2D eigenvalue weighted by molar-refractivity contribution is 5.99. The predicted octanol–water partition coefficient (Wildman–Crippen LogP) is 2.26. The van der Waals surface area contributed by atoms with Crippen LogP contribution in [-0.2, 0) is 11.2 Å². The minimum Gasteiger partial charge on any atom is -0.361 e. The van der Waals surface area contributed by atoms with Crippen LogP contribution in [0.3, 0.4) is 0 Å². The molecule has 0 radical (unpaired) electrons. The molecule has 10 heteroatoms. The number of unbranched alkanes of at least 4 members (excludes halogenated alkanes) is 1. The number of aryl methyl sites for hydroxylation is 2. The van der Waals surface area contributed by atoms with Gasteiger partial charge in [-0.05, 0) is 19.8 Å². The third-order valence-electron chi connectivity index (χ3n) is 3.87. The standard InChI is InChI=1S/C16H21F2N5O3/c1-11-8-12(26-20-11)6-4-5-7-21(2)15(25)13-14(22(3)10-24)19-9-23(13)16(17)18/h8-10,16H,4-7H2,1-3H3. The molecule has 0 spiro atoms. The van der Waals surface area contributed by atoms with E-state index in [9.17, 15) is 18.4 Å². The fraction of sp³-hybridized carbons (Fsp3) is 0.500. The molecule has 0 aliphatic carbocycles. The van der Waals surface area contributed by atoms with E-state index in [4.69, 9.17) is 4.52 Å². The third kappa shape index (κ3) is 4.44. The molecule has 2 rings (SSSR count). The lowest BCUT2D eigenvalue weighted by molar-refractivity contribution is -0.107. The van der Waals surface area contributed by atoms with Crippen LogP contribution in [0.1, 0.15) is 41.3 Å². The molecule has 2 amide bonds. The molecule has 26 heavy (non-hydrogen) atoms. The summed E-state index contributed by atoms with van der Waals surface area (Å²) in [4.78, 5) is 29.6. The molecule has 142 valence electrons. The summed E-state index contributed by atoms with van der Waals surface area (Å²) in [6, 6.07) is 1.84. The molecule has 0 saturated heterocycles. The minimum absolute atomic E-state index is 0.103. The average Bonchev–Trinajstić information content (AvgIpc) is 3.23.